The fourth-order valence-electron chi connectivity index (χ4n) is 3.27. The number of carbonyl (C=O) groups excluding carboxylic acids is 2. The summed E-state index contributed by atoms with van der Waals surface area (Å²) in [5.74, 6) is -0.916. The Morgan fingerprint density at radius 1 is 1.08 bits per heavy atom. The molecule has 0 spiro atoms. The average Bonchev–Trinajstić information content (AvgIpc) is 3.69. The molecule has 3 heterocycles. The molecule has 0 saturated heterocycles. The van der Waals surface area contributed by atoms with Gasteiger partial charge in [0, 0.05) is 36.3 Å². The van der Waals surface area contributed by atoms with Crippen LogP contribution in [0, 0.1) is 5.41 Å². The second-order valence-corrected chi connectivity index (χ2v) is 8.45. The molecule has 10 nitrogen and oxygen atoms in total. The van der Waals surface area contributed by atoms with E-state index in [1.165, 1.54) is 48.9 Å². The minimum atomic E-state index is -4.78. The number of aromatic nitrogens is 3. The Kier molecular flexibility index (Phi) is 7.65. The van der Waals surface area contributed by atoms with Crippen LogP contribution in [0.1, 0.15) is 28.8 Å². The van der Waals surface area contributed by atoms with E-state index < -0.39 is 23.3 Å². The van der Waals surface area contributed by atoms with Crippen LogP contribution in [0.15, 0.2) is 77.8 Å². The first-order chi connectivity index (χ1) is 18.1. The molecule has 0 unspecified atom stereocenters. The lowest BCUT2D eigenvalue weighted by Gasteiger charge is -2.15. The summed E-state index contributed by atoms with van der Waals surface area (Å²) >= 11 is 0. The highest BCUT2D eigenvalue weighted by atomic mass is 19.4. The van der Waals surface area contributed by atoms with Crippen LogP contribution in [-0.2, 0) is 11.3 Å². The topological polar surface area (TPSA) is 142 Å². The third-order valence-electron chi connectivity index (χ3n) is 5.35. The van der Waals surface area contributed by atoms with Gasteiger partial charge in [0.2, 0.25) is 5.91 Å². The van der Waals surface area contributed by atoms with Crippen molar-refractivity contribution in [3.63, 3.8) is 0 Å². The van der Waals surface area contributed by atoms with E-state index in [0.29, 0.717) is 6.08 Å². The predicted octanol–water partition coefficient (Wildman–Crippen LogP) is 3.10. The zero-order chi connectivity index (χ0) is 27.3. The molecule has 38 heavy (non-hydrogen) atoms. The molecule has 4 N–H and O–H groups in total. The summed E-state index contributed by atoms with van der Waals surface area (Å²) in [5, 5.41) is 15.4. The number of halogens is 3. The first-order valence-electron chi connectivity index (χ1n) is 11.4. The van der Waals surface area contributed by atoms with Gasteiger partial charge in [0.15, 0.2) is 0 Å². The highest BCUT2D eigenvalue weighted by molar-refractivity contribution is 6.07. The molecule has 196 valence electrons. The van der Waals surface area contributed by atoms with Crippen molar-refractivity contribution in [2.24, 2.45) is 0 Å². The number of hydrogen-bond acceptors (Lipinski definition) is 7. The number of anilines is 2. The second-order valence-electron chi connectivity index (χ2n) is 8.45. The minimum absolute atomic E-state index is 0.0271. The van der Waals surface area contributed by atoms with Gasteiger partial charge in [0.05, 0.1) is 23.2 Å². The smallest absolute Gasteiger partial charge is 0.352 e. The summed E-state index contributed by atoms with van der Waals surface area (Å²) in [6.45, 7) is -0.234. The summed E-state index contributed by atoms with van der Waals surface area (Å²) in [4.78, 5) is 44.5. The van der Waals surface area contributed by atoms with Gasteiger partial charge < -0.3 is 25.9 Å². The Morgan fingerprint density at radius 3 is 2.50 bits per heavy atom. The fourth-order valence-corrected chi connectivity index (χ4v) is 3.27. The van der Waals surface area contributed by atoms with Gasteiger partial charge in [-0.1, -0.05) is 0 Å². The summed E-state index contributed by atoms with van der Waals surface area (Å²) in [6.07, 6.45) is 2.72. The molecule has 1 saturated carbocycles. The lowest BCUT2D eigenvalue weighted by Crippen LogP contribution is -2.33. The summed E-state index contributed by atoms with van der Waals surface area (Å²) in [6, 6.07) is 8.13. The number of rotatable bonds is 9. The van der Waals surface area contributed by atoms with E-state index in [-0.39, 0.29) is 46.8 Å². The summed E-state index contributed by atoms with van der Waals surface area (Å²) in [5.41, 5.74) is -1.75. The number of pyridine rings is 3. The number of hydrogen-bond donors (Lipinski definition) is 4. The molecule has 0 atom stereocenters. The maximum absolute atomic E-state index is 13.6. The van der Waals surface area contributed by atoms with Crippen molar-refractivity contribution < 1.29 is 22.8 Å². The van der Waals surface area contributed by atoms with E-state index in [0.717, 1.165) is 29.7 Å². The Labute approximate surface area is 214 Å². The lowest BCUT2D eigenvalue weighted by atomic mass is 10.1. The van der Waals surface area contributed by atoms with Gasteiger partial charge in [0.1, 0.15) is 18.1 Å². The molecule has 13 heteroatoms. The molecular weight excluding hydrogens is 503 g/mol. The largest absolute Gasteiger partial charge is 0.431 e. The molecule has 4 rings (SSSR count). The first kappa shape index (κ1) is 26.3. The average molecular weight is 525 g/mol. The van der Waals surface area contributed by atoms with Gasteiger partial charge in [-0.2, -0.15) is 13.2 Å². The number of amides is 2. The molecule has 1 fully saturated rings. The molecule has 0 aromatic carbocycles. The van der Waals surface area contributed by atoms with E-state index in [4.69, 9.17) is 5.41 Å². The molecule has 0 bridgehead atoms. The van der Waals surface area contributed by atoms with Crippen LogP contribution in [0.2, 0.25) is 0 Å². The van der Waals surface area contributed by atoms with Gasteiger partial charge in [-0.25, -0.2) is 4.98 Å². The molecule has 0 aliphatic heterocycles. The first-order valence-corrected chi connectivity index (χ1v) is 11.4. The molecule has 0 radical (unpaired) electrons. The van der Waals surface area contributed by atoms with E-state index in [9.17, 15) is 27.6 Å². The zero-order valence-corrected chi connectivity index (χ0v) is 19.7. The number of nitrogens with one attached hydrogen (secondary N) is 4. The Morgan fingerprint density at radius 2 is 1.87 bits per heavy atom. The fraction of sp³-hybridized carbons (Fsp3) is 0.200. The van der Waals surface area contributed by atoms with Crippen LogP contribution < -0.4 is 21.5 Å². The predicted molar refractivity (Wildman–Crippen MR) is 133 cm³/mol. The Hall–Kier alpha value is -4.81. The normalized spacial score (nSPS) is 13.5. The monoisotopic (exact) mass is 525 g/mol. The molecule has 2 amide bonds. The van der Waals surface area contributed by atoms with Crippen LogP contribution in [0.4, 0.5) is 24.7 Å². The van der Waals surface area contributed by atoms with Crippen LogP contribution in [0.3, 0.4) is 0 Å². The van der Waals surface area contributed by atoms with Crippen molar-refractivity contribution in [3.05, 3.63) is 94.4 Å². The number of allylic oxidation sites excluding steroid dienone is 2. The van der Waals surface area contributed by atoms with Crippen molar-refractivity contribution in [1.29, 1.82) is 5.41 Å². The van der Waals surface area contributed by atoms with E-state index >= 15 is 0 Å². The molecule has 1 aliphatic rings. The molecule has 1 aliphatic carbocycles. The number of carbonyl (C=O) groups is 2. The molecule has 3 aromatic heterocycles. The number of alkyl halides is 3. The van der Waals surface area contributed by atoms with E-state index in [1.54, 1.807) is 0 Å². The Balaban J connectivity index is 1.42. The van der Waals surface area contributed by atoms with Crippen molar-refractivity contribution >= 4 is 29.0 Å². The molecular formula is C25H22F3N7O3. The van der Waals surface area contributed by atoms with Crippen LogP contribution in [0.5, 0.6) is 0 Å². The van der Waals surface area contributed by atoms with E-state index in [2.05, 4.69) is 25.9 Å². The third kappa shape index (κ3) is 7.12. The quantitative estimate of drug-likeness (QED) is 0.317. The third-order valence-corrected chi connectivity index (χ3v) is 5.35. The Bertz CT molecular complexity index is 1430. The minimum Gasteiger partial charge on any atom is -0.352 e. The highest BCUT2D eigenvalue weighted by Crippen LogP contribution is 2.27. The van der Waals surface area contributed by atoms with E-state index in [1.807, 2.05) is 0 Å². The summed E-state index contributed by atoms with van der Waals surface area (Å²) < 4.78 is 41.8. The van der Waals surface area contributed by atoms with Crippen molar-refractivity contribution in [2.75, 3.05) is 10.6 Å². The molecule has 3 aromatic rings. The van der Waals surface area contributed by atoms with Gasteiger partial charge in [0.25, 0.3) is 11.5 Å². The highest BCUT2D eigenvalue weighted by Gasteiger charge is 2.34. The standard InChI is InChI=1S/C25H22F3N7O3/c26-25(27,28)20(10-19(29)15-2-1-9-30-11-15)32-18-6-7-21(31-12-18)34-24(38)16-3-8-23(37)35(13-16)14-22(36)33-17-4-5-17/h1-3,6-13,17,29,32H,4-5,14H2,(H,33,36)(H,31,34,38)/b20-10-,29-19?. The maximum Gasteiger partial charge on any atom is 0.431 e. The van der Waals surface area contributed by atoms with Crippen molar-refractivity contribution in [2.45, 2.75) is 31.6 Å². The second kappa shape index (κ2) is 11.1. The van der Waals surface area contributed by atoms with Crippen LogP contribution >= 0.6 is 0 Å². The van der Waals surface area contributed by atoms with Gasteiger partial charge >= 0.3 is 6.18 Å². The van der Waals surface area contributed by atoms with Crippen LogP contribution in [0.25, 0.3) is 0 Å². The summed E-state index contributed by atoms with van der Waals surface area (Å²) in [7, 11) is 0. The van der Waals surface area contributed by atoms with Crippen LogP contribution in [-0.4, -0.2) is 44.3 Å². The zero-order valence-electron chi connectivity index (χ0n) is 19.7. The van der Waals surface area contributed by atoms with Gasteiger partial charge in [-0.05, 0) is 49.2 Å². The van der Waals surface area contributed by atoms with Gasteiger partial charge in [-0.3, -0.25) is 19.4 Å². The SMILES string of the molecule is N=C(/C=C(\Nc1ccc(NC(=O)c2ccc(=O)n(CC(=O)NC3CC3)c2)nc1)C(F)(F)F)c1cccnc1. The van der Waals surface area contributed by atoms with Crippen molar-refractivity contribution in [1.82, 2.24) is 19.9 Å². The van der Waals surface area contributed by atoms with Gasteiger partial charge in [-0.15, -0.1) is 0 Å². The number of nitrogens with zero attached hydrogens (tertiary/aromatic N) is 3. The maximum atomic E-state index is 13.6. The lowest BCUT2D eigenvalue weighted by molar-refractivity contribution is -0.121. The van der Waals surface area contributed by atoms with Crippen molar-refractivity contribution in [3.8, 4) is 0 Å².